The summed E-state index contributed by atoms with van der Waals surface area (Å²) in [5.41, 5.74) is 3.86. The maximum Gasteiger partial charge on any atom is 0.323 e. The van der Waals surface area contributed by atoms with E-state index in [9.17, 15) is 9.90 Å². The average molecular weight is 392 g/mol. The lowest BCUT2D eigenvalue weighted by molar-refractivity contribution is -0.145. The number of likely N-dealkylation sites (tertiary alicyclic amines) is 1. The van der Waals surface area contributed by atoms with Crippen LogP contribution in [0, 0.1) is 13.8 Å². The van der Waals surface area contributed by atoms with E-state index in [-0.39, 0.29) is 12.0 Å². The number of esters is 1. The van der Waals surface area contributed by atoms with E-state index < -0.39 is 6.10 Å². The Morgan fingerprint density at radius 2 is 1.88 bits per heavy atom. The van der Waals surface area contributed by atoms with Crippen molar-refractivity contribution in [1.82, 2.24) is 4.90 Å². The van der Waals surface area contributed by atoms with Crippen molar-refractivity contribution in [3.63, 3.8) is 0 Å². The lowest BCUT2D eigenvalue weighted by Gasteiger charge is -2.21. The molecule has 1 aliphatic heterocycles. The molecule has 0 amide bonds. The third-order valence-corrected chi connectivity index (χ3v) is 6.93. The Labute approximate surface area is 162 Å². The molecule has 0 saturated carbocycles. The molecule has 1 fully saturated rings. The summed E-state index contributed by atoms with van der Waals surface area (Å²) in [6, 6.07) is 3.97. The number of methoxy groups -OCH3 is 1. The van der Waals surface area contributed by atoms with E-state index in [2.05, 4.69) is 42.8 Å². The second-order valence-corrected chi connectivity index (χ2v) is 8.53. The molecule has 26 heavy (non-hydrogen) atoms. The Kier molecular flexibility index (Phi) is 6.29. The van der Waals surface area contributed by atoms with Crippen LogP contribution < -0.4 is 0 Å². The summed E-state index contributed by atoms with van der Waals surface area (Å²) < 4.78 is 4.89. The molecule has 2 atom stereocenters. The molecule has 3 rings (SSSR count). The van der Waals surface area contributed by atoms with Crippen LogP contribution in [0.3, 0.4) is 0 Å². The largest absolute Gasteiger partial charge is 0.468 e. The van der Waals surface area contributed by atoms with Crippen LogP contribution in [0.5, 0.6) is 0 Å². The van der Waals surface area contributed by atoms with E-state index in [1.54, 1.807) is 22.7 Å². The summed E-state index contributed by atoms with van der Waals surface area (Å²) in [4.78, 5) is 16.6. The standard InChI is InChI=1S/C20H25NO3S2/c1-13-6-9-25-18(13)16(19-14(2)7-10-26-19)5-4-8-21-12-15(22)11-17(21)20(23)24-3/h5-7,9-10,15,17,22H,4,8,11-12H2,1-3H3/t15-,17+/m1/s1. The predicted molar refractivity (Wildman–Crippen MR) is 108 cm³/mol. The summed E-state index contributed by atoms with van der Waals surface area (Å²) in [5.74, 6) is -0.256. The number of carbonyl (C=O) groups excluding carboxylic acids is 1. The summed E-state index contributed by atoms with van der Waals surface area (Å²) in [6.07, 6.45) is 3.10. The molecule has 1 N–H and O–H groups in total. The van der Waals surface area contributed by atoms with Gasteiger partial charge in [0.2, 0.25) is 0 Å². The first kappa shape index (κ1) is 19.3. The van der Waals surface area contributed by atoms with Gasteiger partial charge in [-0.3, -0.25) is 9.69 Å². The van der Waals surface area contributed by atoms with Crippen LogP contribution in [-0.4, -0.2) is 48.3 Å². The number of β-amino-alcohol motifs (C(OH)–C–C–N with tert-alkyl or cyclic N) is 1. The number of aryl methyl sites for hydroxylation is 2. The van der Waals surface area contributed by atoms with Crippen LogP contribution in [0.2, 0.25) is 0 Å². The van der Waals surface area contributed by atoms with Crippen LogP contribution in [0.4, 0.5) is 0 Å². The molecule has 0 unspecified atom stereocenters. The second-order valence-electron chi connectivity index (χ2n) is 6.70. The van der Waals surface area contributed by atoms with Crippen molar-refractivity contribution in [2.45, 2.75) is 38.8 Å². The highest BCUT2D eigenvalue weighted by Crippen LogP contribution is 2.35. The Balaban J connectivity index is 1.78. The number of thiophene rings is 2. The maximum atomic E-state index is 11.9. The molecule has 3 heterocycles. The van der Waals surface area contributed by atoms with Gasteiger partial charge in [0, 0.05) is 34.8 Å². The number of carbonyl (C=O) groups is 1. The topological polar surface area (TPSA) is 49.8 Å². The quantitative estimate of drug-likeness (QED) is 0.760. The number of nitrogens with zero attached hydrogens (tertiary/aromatic N) is 1. The molecule has 4 nitrogen and oxygen atoms in total. The van der Waals surface area contributed by atoms with Gasteiger partial charge in [0.25, 0.3) is 0 Å². The zero-order chi connectivity index (χ0) is 18.7. The number of hydrogen-bond acceptors (Lipinski definition) is 6. The molecule has 140 valence electrons. The molecule has 2 aromatic rings. The molecule has 1 aliphatic rings. The number of rotatable bonds is 6. The molecule has 0 aliphatic carbocycles. The van der Waals surface area contributed by atoms with Crippen molar-refractivity contribution in [3.05, 3.63) is 49.9 Å². The maximum absolute atomic E-state index is 11.9. The fourth-order valence-electron chi connectivity index (χ4n) is 3.47. The number of ether oxygens (including phenoxy) is 1. The highest BCUT2D eigenvalue weighted by Gasteiger charge is 2.36. The lowest BCUT2D eigenvalue weighted by atomic mass is 10.1. The van der Waals surface area contributed by atoms with E-state index in [4.69, 9.17) is 4.74 Å². The Morgan fingerprint density at radius 3 is 2.38 bits per heavy atom. The molecular formula is C20H25NO3S2. The van der Waals surface area contributed by atoms with Gasteiger partial charge in [0.1, 0.15) is 6.04 Å². The van der Waals surface area contributed by atoms with E-state index in [1.807, 2.05) is 4.90 Å². The van der Waals surface area contributed by atoms with Gasteiger partial charge < -0.3 is 9.84 Å². The average Bonchev–Trinajstić information content (AvgIpc) is 3.32. The van der Waals surface area contributed by atoms with Crippen molar-refractivity contribution < 1.29 is 14.6 Å². The number of aliphatic hydroxyl groups excluding tert-OH is 1. The zero-order valence-electron chi connectivity index (χ0n) is 15.4. The van der Waals surface area contributed by atoms with Crippen molar-refractivity contribution in [3.8, 4) is 0 Å². The molecule has 0 radical (unpaired) electrons. The monoisotopic (exact) mass is 391 g/mol. The van der Waals surface area contributed by atoms with Crippen LogP contribution in [0.25, 0.3) is 5.57 Å². The fraction of sp³-hybridized carbons (Fsp3) is 0.450. The molecule has 6 heteroatoms. The molecule has 2 aromatic heterocycles. The van der Waals surface area contributed by atoms with Crippen molar-refractivity contribution in [1.29, 1.82) is 0 Å². The highest BCUT2D eigenvalue weighted by atomic mass is 32.1. The van der Waals surface area contributed by atoms with Crippen LogP contribution in [0.1, 0.15) is 33.7 Å². The van der Waals surface area contributed by atoms with Gasteiger partial charge >= 0.3 is 5.97 Å². The second kappa shape index (κ2) is 8.48. The first-order valence-corrected chi connectivity index (χ1v) is 10.6. The summed E-state index contributed by atoms with van der Waals surface area (Å²) >= 11 is 3.53. The molecule has 1 saturated heterocycles. The van der Waals surface area contributed by atoms with Crippen LogP contribution >= 0.6 is 22.7 Å². The Hall–Kier alpha value is -1.47. The third kappa shape index (κ3) is 4.09. The highest BCUT2D eigenvalue weighted by molar-refractivity contribution is 7.14. The van der Waals surface area contributed by atoms with Crippen LogP contribution in [0.15, 0.2) is 29.0 Å². The zero-order valence-corrected chi connectivity index (χ0v) is 17.0. The van der Waals surface area contributed by atoms with E-state index in [0.29, 0.717) is 13.0 Å². The number of aliphatic hydroxyl groups is 1. The SMILES string of the molecule is COC(=O)[C@@H]1C[C@@H](O)CN1CCC=C(c1sccc1C)c1sccc1C. The predicted octanol–water partition coefficient (Wildman–Crippen LogP) is 3.86. The smallest absolute Gasteiger partial charge is 0.323 e. The normalized spacial score (nSPS) is 20.3. The summed E-state index contributed by atoms with van der Waals surface area (Å²) in [5, 5.41) is 14.2. The van der Waals surface area contributed by atoms with E-state index >= 15 is 0 Å². The van der Waals surface area contributed by atoms with Gasteiger partial charge in [-0.05, 0) is 54.3 Å². The third-order valence-electron chi connectivity index (χ3n) is 4.83. The first-order valence-electron chi connectivity index (χ1n) is 8.80. The first-order chi connectivity index (χ1) is 12.5. The minimum absolute atomic E-state index is 0.256. The van der Waals surface area contributed by atoms with Crippen LogP contribution in [-0.2, 0) is 9.53 Å². The van der Waals surface area contributed by atoms with Gasteiger partial charge in [-0.15, -0.1) is 22.7 Å². The minimum atomic E-state index is -0.457. The molecule has 0 spiro atoms. The number of hydrogen-bond donors (Lipinski definition) is 1. The van der Waals surface area contributed by atoms with Gasteiger partial charge in [-0.25, -0.2) is 0 Å². The summed E-state index contributed by atoms with van der Waals surface area (Å²) in [6.45, 7) is 5.55. The summed E-state index contributed by atoms with van der Waals surface area (Å²) in [7, 11) is 1.41. The molecule has 0 aromatic carbocycles. The molecular weight excluding hydrogens is 366 g/mol. The van der Waals surface area contributed by atoms with Gasteiger partial charge in [0.05, 0.1) is 13.2 Å². The Morgan fingerprint density at radius 1 is 1.27 bits per heavy atom. The Bertz CT molecular complexity index is 750. The van der Waals surface area contributed by atoms with Crippen molar-refractivity contribution >= 4 is 34.2 Å². The fourth-order valence-corrected chi connectivity index (χ4v) is 5.48. The van der Waals surface area contributed by atoms with Crippen molar-refractivity contribution in [2.75, 3.05) is 20.2 Å². The van der Waals surface area contributed by atoms with Gasteiger partial charge in [-0.2, -0.15) is 0 Å². The van der Waals surface area contributed by atoms with Gasteiger partial charge in [-0.1, -0.05) is 6.08 Å². The minimum Gasteiger partial charge on any atom is -0.468 e. The van der Waals surface area contributed by atoms with E-state index in [1.165, 1.54) is 33.6 Å². The lowest BCUT2D eigenvalue weighted by Crippen LogP contribution is -2.37. The molecule has 0 bridgehead atoms. The van der Waals surface area contributed by atoms with Crippen molar-refractivity contribution in [2.24, 2.45) is 0 Å². The van der Waals surface area contributed by atoms with E-state index in [0.717, 1.165) is 13.0 Å². The van der Waals surface area contributed by atoms with Gasteiger partial charge in [0.15, 0.2) is 0 Å².